The average Bonchev–Trinajstić information content (AvgIpc) is 4.03. The highest BCUT2D eigenvalue weighted by molar-refractivity contribution is 8.00. The maximum atomic E-state index is 15.6. The molecule has 3 aliphatic heterocycles. The van der Waals surface area contributed by atoms with E-state index in [0.717, 1.165) is 65.0 Å². The Hall–Kier alpha value is -6.89. The first kappa shape index (κ1) is 46.8. The van der Waals surface area contributed by atoms with Gasteiger partial charge >= 0.3 is 7.40 Å². The summed E-state index contributed by atoms with van der Waals surface area (Å²) in [5.41, 5.74) is 9.01. The molecule has 350 valence electrons. The van der Waals surface area contributed by atoms with Crippen LogP contribution in [0.4, 0.5) is 31.4 Å². The van der Waals surface area contributed by atoms with Crippen LogP contribution in [0.5, 0.6) is 5.75 Å². The lowest BCUT2D eigenvalue weighted by Crippen LogP contribution is -2.35. The van der Waals surface area contributed by atoms with E-state index >= 15 is 8.63 Å². The Kier molecular flexibility index (Phi) is 13.5. The lowest BCUT2D eigenvalue weighted by Gasteiger charge is -2.33. The number of aromatic nitrogens is 1. The molecule has 12 heteroatoms. The molecule has 7 aromatic rings. The van der Waals surface area contributed by atoms with E-state index in [4.69, 9.17) is 9.73 Å². The zero-order valence-corrected chi connectivity index (χ0v) is 41.1. The molecule has 10 rings (SSSR count). The first-order valence-corrected chi connectivity index (χ1v) is 25.6. The van der Waals surface area contributed by atoms with Gasteiger partial charge in [0.2, 0.25) is 5.43 Å². The minimum Gasteiger partial charge on any atom is -0.486 e. The van der Waals surface area contributed by atoms with E-state index in [0.29, 0.717) is 33.8 Å². The number of hydrogen-bond donors (Lipinski definition) is 0. The van der Waals surface area contributed by atoms with Crippen molar-refractivity contribution in [3.63, 3.8) is 0 Å². The van der Waals surface area contributed by atoms with Crippen molar-refractivity contribution < 1.29 is 13.4 Å². The minimum absolute atomic E-state index is 0.0430. The number of ether oxygens (including phenoxy) is 1. The topological polar surface area (TPSA) is 67.1 Å². The van der Waals surface area contributed by atoms with Gasteiger partial charge in [-0.3, -0.25) is 18.2 Å². The number of anilines is 4. The summed E-state index contributed by atoms with van der Waals surface area (Å²) in [7, 11) is -2.89. The van der Waals surface area contributed by atoms with E-state index in [2.05, 4.69) is 103 Å². The predicted octanol–water partition coefficient (Wildman–Crippen LogP) is 14.8. The molecule has 6 aromatic carbocycles. The highest BCUT2D eigenvalue weighted by Gasteiger charge is 2.30. The van der Waals surface area contributed by atoms with Crippen molar-refractivity contribution in [1.82, 2.24) is 4.48 Å². The molecule has 1 aromatic heterocycles. The Morgan fingerprint density at radius 3 is 1.80 bits per heavy atom. The summed E-state index contributed by atoms with van der Waals surface area (Å²) < 4.78 is 37.9. The lowest BCUT2D eigenvalue weighted by molar-refractivity contribution is 0.238. The summed E-state index contributed by atoms with van der Waals surface area (Å²) in [6, 6.07) is 40.2. The summed E-state index contributed by atoms with van der Waals surface area (Å²) in [6.45, 7) is 9.84. The Morgan fingerprint density at radius 2 is 1.23 bits per heavy atom. The van der Waals surface area contributed by atoms with Crippen molar-refractivity contribution in [2.45, 2.75) is 79.1 Å². The van der Waals surface area contributed by atoms with Crippen LogP contribution in [-0.4, -0.2) is 36.8 Å². The maximum Gasteiger partial charge on any atom is 0.678 e. The van der Waals surface area contributed by atoms with Crippen LogP contribution in [0.1, 0.15) is 81.5 Å². The van der Waals surface area contributed by atoms with E-state index in [-0.39, 0.29) is 23.1 Å². The number of para-hydroxylation sites is 2. The second-order valence-electron chi connectivity index (χ2n) is 17.8. The Labute approximate surface area is 416 Å². The standard InChI is InChI=1S/C58H51BF2N4O3S2/c1-5-7-33-63-45-13-9-11-15-50(45)69-52-35-38(19-30-47(52)63)17-25-42-26-29-44(62-42)54(40-21-23-41(24-22-40)55-56(66)57(67)58(55)68-37(3)4)49-32-28-43(65(49)59(60)61)27-18-39-20-31-48-53(36-39)70-51-16-12-10-14-46(51)64(48)34-8-6-2/h9-32,35-37H,5-8,33-34H2,1-4H3/b25-17+,27-18+,54-44-. The molecule has 0 fully saturated rings. The van der Waals surface area contributed by atoms with Crippen molar-refractivity contribution in [3.8, 4) is 16.9 Å². The van der Waals surface area contributed by atoms with Crippen molar-refractivity contribution in [1.29, 1.82) is 0 Å². The van der Waals surface area contributed by atoms with E-state index in [1.54, 1.807) is 79.8 Å². The van der Waals surface area contributed by atoms with E-state index < -0.39 is 18.3 Å². The molecule has 0 saturated carbocycles. The van der Waals surface area contributed by atoms with Gasteiger partial charge < -0.3 is 19.0 Å². The largest absolute Gasteiger partial charge is 0.678 e. The molecular formula is C58H51BF2N4O3S2. The fourth-order valence-corrected chi connectivity index (χ4v) is 11.5. The van der Waals surface area contributed by atoms with Crippen molar-refractivity contribution >= 4 is 83.2 Å². The number of rotatable bonds is 16. The molecule has 4 heterocycles. The normalized spacial score (nSPS) is 14.6. The predicted molar refractivity (Wildman–Crippen MR) is 289 cm³/mol. The molecule has 0 bridgehead atoms. The van der Waals surface area contributed by atoms with Gasteiger partial charge in [0.25, 0.3) is 5.43 Å². The fraction of sp³-hybridized carbons (Fsp3) is 0.190. The average molecular weight is 965 g/mol. The quantitative estimate of drug-likeness (QED) is 0.0706. The van der Waals surface area contributed by atoms with Crippen molar-refractivity contribution in [2.75, 3.05) is 22.9 Å². The van der Waals surface area contributed by atoms with Gasteiger partial charge in [0.15, 0.2) is 5.75 Å². The Bertz CT molecular complexity index is 3360. The number of benzene rings is 5. The van der Waals surface area contributed by atoms with Gasteiger partial charge in [0, 0.05) is 49.6 Å². The molecule has 3 aliphatic rings. The maximum absolute atomic E-state index is 15.6. The SMILES string of the molecule is CCCCN1c2ccccc2Sc2cc(/C=C/C3=NC(=C(/c4ccc(-c5c(OC(C)C)c(=O)c5=O)cc4)c4ccc(/C=C/c5ccc6c(c5)Sc5ccccc5N6CCCC)n4B(F)F)/C=C3)ccc21. The molecule has 0 amide bonds. The highest BCUT2D eigenvalue weighted by Crippen LogP contribution is 2.50. The van der Waals surface area contributed by atoms with Crippen molar-refractivity contribution in [3.05, 3.63) is 194 Å². The molecule has 0 spiro atoms. The van der Waals surface area contributed by atoms with Crippen LogP contribution < -0.4 is 25.4 Å². The van der Waals surface area contributed by atoms with Crippen molar-refractivity contribution in [2.24, 2.45) is 4.99 Å². The number of allylic oxidation sites excluding steroid dienone is 3. The van der Waals surface area contributed by atoms with E-state index in [1.807, 2.05) is 36.4 Å². The molecule has 0 aliphatic carbocycles. The first-order chi connectivity index (χ1) is 34.1. The number of hydrogen-bond acceptors (Lipinski definition) is 8. The number of fused-ring (bicyclic) bond motifs is 4. The number of aliphatic imine (C=N–C) groups is 1. The van der Waals surface area contributed by atoms with Gasteiger partial charge in [-0.15, -0.1) is 0 Å². The summed E-state index contributed by atoms with van der Waals surface area (Å²) in [4.78, 5) is 39.8. The van der Waals surface area contributed by atoms with Gasteiger partial charge in [-0.2, -0.15) is 0 Å². The lowest BCUT2D eigenvalue weighted by atomic mass is 9.94. The van der Waals surface area contributed by atoms with Crippen LogP contribution in [-0.2, 0) is 0 Å². The van der Waals surface area contributed by atoms with Gasteiger partial charge in [-0.05, 0) is 134 Å². The monoisotopic (exact) mass is 964 g/mol. The van der Waals surface area contributed by atoms with E-state index in [1.165, 1.54) is 31.7 Å². The zero-order valence-electron chi connectivity index (χ0n) is 39.5. The number of unbranched alkanes of at least 4 members (excludes halogenated alkanes) is 2. The van der Waals surface area contributed by atoms with Gasteiger partial charge in [-0.1, -0.05) is 123 Å². The van der Waals surface area contributed by atoms with E-state index in [9.17, 15) is 9.59 Å². The fourth-order valence-electron chi connectivity index (χ4n) is 9.23. The summed E-state index contributed by atoms with van der Waals surface area (Å²) in [6.07, 6.45) is 15.4. The van der Waals surface area contributed by atoms with Crippen LogP contribution in [0, 0.1) is 0 Å². The smallest absolute Gasteiger partial charge is 0.486 e. The van der Waals surface area contributed by atoms with Crippen LogP contribution in [0.2, 0.25) is 0 Å². The molecule has 0 radical (unpaired) electrons. The zero-order chi connectivity index (χ0) is 48.5. The third-order valence-corrected chi connectivity index (χ3v) is 14.9. The van der Waals surface area contributed by atoms with Gasteiger partial charge in [0.1, 0.15) is 0 Å². The van der Waals surface area contributed by atoms with Gasteiger partial charge in [0.05, 0.1) is 45.8 Å². The second kappa shape index (κ2) is 20.2. The molecule has 0 atom stereocenters. The third kappa shape index (κ3) is 9.18. The second-order valence-corrected chi connectivity index (χ2v) is 20.0. The summed E-state index contributed by atoms with van der Waals surface area (Å²) in [5.74, 6) is 0.0430. The summed E-state index contributed by atoms with van der Waals surface area (Å²) >= 11 is 3.49. The molecule has 0 unspecified atom stereocenters. The minimum atomic E-state index is -2.89. The Morgan fingerprint density at radius 1 is 0.657 bits per heavy atom. The molecule has 70 heavy (non-hydrogen) atoms. The summed E-state index contributed by atoms with van der Waals surface area (Å²) in [5, 5.41) is 0. The number of halogens is 2. The van der Waals surface area contributed by atoms with Crippen LogP contribution >= 0.6 is 23.5 Å². The molecule has 0 saturated heterocycles. The molecule has 7 nitrogen and oxygen atoms in total. The van der Waals surface area contributed by atoms with Crippen LogP contribution in [0.3, 0.4) is 0 Å². The van der Waals surface area contributed by atoms with Crippen LogP contribution in [0.15, 0.2) is 179 Å². The third-order valence-electron chi connectivity index (χ3n) is 12.7. The Balaban J connectivity index is 0.998. The van der Waals surface area contributed by atoms with Gasteiger partial charge in [-0.25, -0.2) is 4.99 Å². The highest BCUT2D eigenvalue weighted by atomic mass is 32.2. The first-order valence-electron chi connectivity index (χ1n) is 23.9. The molecular weight excluding hydrogens is 914 g/mol. The molecule has 0 N–H and O–H groups in total. The number of nitrogens with zero attached hydrogens (tertiary/aromatic N) is 4. The van der Waals surface area contributed by atoms with Crippen LogP contribution in [0.25, 0.3) is 34.9 Å².